The number of nitrogens with zero attached hydrogens (tertiary/aromatic N) is 4. The lowest BCUT2D eigenvalue weighted by Gasteiger charge is -2.18. The number of furan rings is 1. The maximum atomic E-state index is 10.4. The van der Waals surface area contributed by atoms with E-state index in [0.717, 1.165) is 19.3 Å². The Morgan fingerprint density at radius 3 is 2.86 bits per heavy atom. The fourth-order valence-corrected chi connectivity index (χ4v) is 3.24. The van der Waals surface area contributed by atoms with Gasteiger partial charge in [0.15, 0.2) is 28.6 Å². The quantitative estimate of drug-likeness (QED) is 0.392. The Morgan fingerprint density at radius 1 is 1.32 bits per heavy atom. The van der Waals surface area contributed by atoms with Crippen LogP contribution in [0.3, 0.4) is 0 Å². The van der Waals surface area contributed by atoms with Crippen molar-refractivity contribution >= 4 is 22.8 Å². The van der Waals surface area contributed by atoms with Crippen LogP contribution in [0.2, 0.25) is 5.15 Å². The number of fused-ring (bicyclic) bond motifs is 1. The highest BCUT2D eigenvalue weighted by atomic mass is 35.5. The van der Waals surface area contributed by atoms with Crippen molar-refractivity contribution in [1.29, 1.82) is 0 Å². The minimum absolute atomic E-state index is 0.00834. The minimum atomic E-state index is -1.15. The van der Waals surface area contributed by atoms with Crippen molar-refractivity contribution in [2.24, 2.45) is 0 Å². The fraction of sp³-hybridized carbons (Fsp3) is 0.421. The van der Waals surface area contributed by atoms with Gasteiger partial charge in [0.1, 0.15) is 17.7 Å². The maximum absolute atomic E-state index is 10.4. The SMILES string of the molecule is CCCCC#Cc1nc(Cl)c2nc(-c3ccco3)n([C@@H]3OC[C@@H](O)[C@H]3O)c2n1. The van der Waals surface area contributed by atoms with Crippen molar-refractivity contribution in [2.75, 3.05) is 6.61 Å². The third-order valence-corrected chi connectivity index (χ3v) is 4.74. The van der Waals surface area contributed by atoms with Crippen LogP contribution in [-0.2, 0) is 4.74 Å². The number of aliphatic hydroxyl groups is 2. The first-order chi connectivity index (χ1) is 13.6. The Morgan fingerprint density at radius 2 is 2.18 bits per heavy atom. The number of aromatic nitrogens is 4. The summed E-state index contributed by atoms with van der Waals surface area (Å²) in [5.74, 6) is 7.02. The minimum Gasteiger partial charge on any atom is -0.461 e. The molecule has 0 spiro atoms. The molecule has 2 N–H and O–H groups in total. The van der Waals surface area contributed by atoms with Gasteiger partial charge in [0.05, 0.1) is 12.9 Å². The normalized spacial score (nSPS) is 21.8. The summed E-state index contributed by atoms with van der Waals surface area (Å²) in [4.78, 5) is 13.2. The summed E-state index contributed by atoms with van der Waals surface area (Å²) < 4.78 is 12.6. The number of ether oxygens (including phenoxy) is 1. The summed E-state index contributed by atoms with van der Waals surface area (Å²) in [6.07, 6.45) is 1.22. The number of aliphatic hydroxyl groups excluding tert-OH is 2. The van der Waals surface area contributed by atoms with Crippen LogP contribution in [0.4, 0.5) is 0 Å². The van der Waals surface area contributed by atoms with Crippen LogP contribution in [0.5, 0.6) is 0 Å². The average molecular weight is 403 g/mol. The van der Waals surface area contributed by atoms with Gasteiger partial charge in [0.25, 0.3) is 0 Å². The zero-order valence-electron chi connectivity index (χ0n) is 15.2. The van der Waals surface area contributed by atoms with Crippen molar-refractivity contribution in [2.45, 2.75) is 44.6 Å². The summed E-state index contributed by atoms with van der Waals surface area (Å²) in [7, 11) is 0. The van der Waals surface area contributed by atoms with Gasteiger partial charge in [-0.2, -0.15) is 0 Å². The van der Waals surface area contributed by atoms with E-state index >= 15 is 0 Å². The van der Waals surface area contributed by atoms with Crippen molar-refractivity contribution in [3.63, 3.8) is 0 Å². The summed E-state index contributed by atoms with van der Waals surface area (Å²) in [5.41, 5.74) is 0.689. The molecular formula is C19H19ClN4O4. The average Bonchev–Trinajstić information content (AvgIpc) is 3.39. The molecule has 4 heterocycles. The second-order valence-electron chi connectivity index (χ2n) is 6.48. The third kappa shape index (κ3) is 3.38. The molecule has 28 heavy (non-hydrogen) atoms. The lowest BCUT2D eigenvalue weighted by molar-refractivity contribution is -0.0154. The Balaban J connectivity index is 1.88. The number of rotatable bonds is 4. The number of hydrogen-bond donors (Lipinski definition) is 2. The highest BCUT2D eigenvalue weighted by Gasteiger charge is 2.39. The molecule has 0 amide bonds. The molecule has 1 aliphatic heterocycles. The van der Waals surface area contributed by atoms with Crippen molar-refractivity contribution in [3.05, 3.63) is 29.4 Å². The first kappa shape index (κ1) is 18.9. The first-order valence-electron chi connectivity index (χ1n) is 9.06. The molecule has 0 radical (unpaired) electrons. The van der Waals surface area contributed by atoms with E-state index in [1.54, 1.807) is 16.7 Å². The van der Waals surface area contributed by atoms with Gasteiger partial charge in [-0.15, -0.1) is 0 Å². The summed E-state index contributed by atoms with van der Waals surface area (Å²) in [6, 6.07) is 3.44. The zero-order chi connectivity index (χ0) is 19.7. The van der Waals surface area contributed by atoms with Crippen LogP contribution < -0.4 is 0 Å². The second kappa shape index (κ2) is 7.89. The van der Waals surface area contributed by atoms with E-state index in [1.165, 1.54) is 6.26 Å². The van der Waals surface area contributed by atoms with E-state index in [9.17, 15) is 10.2 Å². The molecule has 8 nitrogen and oxygen atoms in total. The highest BCUT2D eigenvalue weighted by molar-refractivity contribution is 6.33. The van der Waals surface area contributed by atoms with Crippen molar-refractivity contribution in [1.82, 2.24) is 19.5 Å². The lowest BCUT2D eigenvalue weighted by Crippen LogP contribution is -2.28. The van der Waals surface area contributed by atoms with Crippen molar-refractivity contribution in [3.8, 4) is 23.4 Å². The van der Waals surface area contributed by atoms with Gasteiger partial charge in [-0.3, -0.25) is 4.57 Å². The van der Waals surface area contributed by atoms with E-state index in [2.05, 4.69) is 33.7 Å². The summed E-state index contributed by atoms with van der Waals surface area (Å²) >= 11 is 6.34. The van der Waals surface area contributed by atoms with Gasteiger partial charge in [-0.05, 0) is 24.5 Å². The first-order valence-corrected chi connectivity index (χ1v) is 9.44. The molecule has 4 rings (SSSR count). The van der Waals surface area contributed by atoms with E-state index in [1.807, 2.05) is 0 Å². The summed E-state index contributed by atoms with van der Waals surface area (Å²) in [6.45, 7) is 2.09. The van der Waals surface area contributed by atoms with Gasteiger partial charge in [-0.1, -0.05) is 30.9 Å². The molecule has 3 aromatic heterocycles. The molecule has 0 aromatic carbocycles. The van der Waals surface area contributed by atoms with Crippen LogP contribution in [0, 0.1) is 11.8 Å². The van der Waals surface area contributed by atoms with Gasteiger partial charge < -0.3 is 19.4 Å². The maximum Gasteiger partial charge on any atom is 0.208 e. The van der Waals surface area contributed by atoms with E-state index in [4.69, 9.17) is 20.8 Å². The number of hydrogen-bond acceptors (Lipinski definition) is 7. The number of unbranched alkanes of at least 4 members (excludes halogenated alkanes) is 2. The Bertz CT molecular complexity index is 1040. The molecule has 146 valence electrons. The molecular weight excluding hydrogens is 384 g/mol. The predicted octanol–water partition coefficient (Wildman–Crippen LogP) is 2.53. The molecule has 0 bridgehead atoms. The lowest BCUT2D eigenvalue weighted by atomic mass is 10.2. The third-order valence-electron chi connectivity index (χ3n) is 4.47. The van der Waals surface area contributed by atoms with Gasteiger partial charge in [0, 0.05) is 6.42 Å². The molecule has 1 fully saturated rings. The summed E-state index contributed by atoms with van der Waals surface area (Å²) in [5, 5.41) is 20.5. The van der Waals surface area contributed by atoms with Crippen LogP contribution in [0.1, 0.15) is 38.2 Å². The topological polar surface area (TPSA) is 106 Å². The molecule has 1 aliphatic rings. The fourth-order valence-electron chi connectivity index (χ4n) is 3.04. The van der Waals surface area contributed by atoms with Gasteiger partial charge >= 0.3 is 0 Å². The second-order valence-corrected chi connectivity index (χ2v) is 6.84. The molecule has 0 saturated carbocycles. The van der Waals surface area contributed by atoms with Crippen LogP contribution in [-0.4, -0.2) is 48.5 Å². The van der Waals surface area contributed by atoms with E-state index in [0.29, 0.717) is 22.7 Å². The van der Waals surface area contributed by atoms with Crippen molar-refractivity contribution < 1.29 is 19.4 Å². The molecule has 0 unspecified atom stereocenters. The Hall–Kier alpha value is -2.44. The van der Waals surface area contributed by atoms with E-state index in [-0.39, 0.29) is 17.6 Å². The monoisotopic (exact) mass is 402 g/mol. The molecule has 1 saturated heterocycles. The van der Waals surface area contributed by atoms with Gasteiger partial charge in [-0.25, -0.2) is 15.0 Å². The van der Waals surface area contributed by atoms with Crippen LogP contribution >= 0.6 is 11.6 Å². The Labute approximate surface area is 166 Å². The molecule has 3 atom stereocenters. The Kier molecular flexibility index (Phi) is 5.33. The standard InChI is InChI=1S/C19H19ClN4O4/c1-2-3-4-5-8-13-21-16(20)14-18(22-13)24(19-15(26)11(25)10-28-19)17(23-14)12-7-6-9-27-12/h6-7,9,11,15,19,25-26H,2-4,10H2,1H3/t11-,15-,19-/m1/s1. The van der Waals surface area contributed by atoms with Gasteiger partial charge in [0.2, 0.25) is 5.82 Å². The number of halogens is 1. The smallest absolute Gasteiger partial charge is 0.208 e. The largest absolute Gasteiger partial charge is 0.461 e. The van der Waals surface area contributed by atoms with E-state index < -0.39 is 18.4 Å². The van der Waals surface area contributed by atoms with Crippen LogP contribution in [0.15, 0.2) is 22.8 Å². The highest BCUT2D eigenvalue weighted by Crippen LogP contribution is 2.35. The molecule has 3 aromatic rings. The molecule has 9 heteroatoms. The molecule has 0 aliphatic carbocycles. The zero-order valence-corrected chi connectivity index (χ0v) is 15.9. The van der Waals surface area contributed by atoms with Crippen LogP contribution in [0.25, 0.3) is 22.7 Å². The predicted molar refractivity (Wildman–Crippen MR) is 101 cm³/mol. The number of imidazole rings is 1.